The third-order valence-corrected chi connectivity index (χ3v) is 8.61. The molecule has 6 nitrogen and oxygen atoms in total. The van der Waals surface area contributed by atoms with Gasteiger partial charge < -0.3 is 4.74 Å². The summed E-state index contributed by atoms with van der Waals surface area (Å²) < 4.78 is 5.44. The number of carbonyl (C=O) groups excluding carboxylic acids is 1. The number of carbonyl (C=O) groups is 1. The van der Waals surface area contributed by atoms with Crippen LogP contribution in [0, 0.1) is 6.92 Å². The summed E-state index contributed by atoms with van der Waals surface area (Å²) >= 11 is 1.36. The molecule has 206 valence electrons. The van der Waals surface area contributed by atoms with Crippen LogP contribution in [0.4, 0.5) is 11.4 Å². The molecule has 4 aromatic carbocycles. The van der Waals surface area contributed by atoms with Crippen LogP contribution in [0.5, 0.6) is 0 Å². The molecule has 0 fully saturated rings. The van der Waals surface area contributed by atoms with E-state index in [2.05, 4.69) is 69.3 Å². The number of anilines is 2. The Labute approximate surface area is 245 Å². The molecule has 1 spiro atoms. The van der Waals surface area contributed by atoms with Crippen LogP contribution in [0.25, 0.3) is 0 Å². The van der Waals surface area contributed by atoms with Gasteiger partial charge in [-0.05, 0) is 61.4 Å². The second kappa shape index (κ2) is 10.9. The Kier molecular flexibility index (Phi) is 7.14. The van der Waals surface area contributed by atoms with Gasteiger partial charge >= 0.3 is 5.97 Å². The van der Waals surface area contributed by atoms with Crippen molar-refractivity contribution in [3.63, 3.8) is 0 Å². The second-order valence-electron chi connectivity index (χ2n) is 10.4. The van der Waals surface area contributed by atoms with Crippen molar-refractivity contribution in [2.75, 3.05) is 16.6 Å². The van der Waals surface area contributed by atoms with Crippen molar-refractivity contribution in [1.82, 2.24) is 0 Å². The minimum absolute atomic E-state index is 0.267. The smallest absolute Gasteiger partial charge is 0.365 e. The number of ether oxygens (including phenoxy) is 1. The van der Waals surface area contributed by atoms with E-state index in [1.807, 2.05) is 64.6 Å². The minimum Gasteiger partial charge on any atom is -0.461 e. The summed E-state index contributed by atoms with van der Waals surface area (Å²) in [4.78, 5) is 12.2. The lowest BCUT2D eigenvalue weighted by molar-refractivity contribution is -0.134. The molecule has 0 bridgehead atoms. The number of hydrazone groups is 2. The normalized spacial score (nSPS) is 17.9. The van der Waals surface area contributed by atoms with Gasteiger partial charge in [-0.15, -0.1) is 0 Å². The molecule has 0 amide bonds. The number of rotatable bonds is 6. The molecule has 0 aliphatic carbocycles. The van der Waals surface area contributed by atoms with Crippen LogP contribution in [0.2, 0.25) is 0 Å². The van der Waals surface area contributed by atoms with E-state index in [9.17, 15) is 4.79 Å². The Hall–Kier alpha value is -4.36. The first-order chi connectivity index (χ1) is 19.9. The molecule has 7 heteroatoms. The first-order valence-corrected chi connectivity index (χ1v) is 14.7. The molecule has 1 atom stereocenters. The van der Waals surface area contributed by atoms with Crippen molar-refractivity contribution in [3.05, 3.63) is 131 Å². The lowest BCUT2D eigenvalue weighted by Crippen LogP contribution is -2.54. The Balaban J connectivity index is 1.61. The summed E-state index contributed by atoms with van der Waals surface area (Å²) in [7, 11) is 0. The summed E-state index contributed by atoms with van der Waals surface area (Å²) in [6, 6.07) is 35.2. The van der Waals surface area contributed by atoms with Gasteiger partial charge in [0.1, 0.15) is 0 Å². The van der Waals surface area contributed by atoms with E-state index in [0.29, 0.717) is 5.92 Å². The van der Waals surface area contributed by atoms with Crippen molar-refractivity contribution in [2.45, 2.75) is 38.6 Å². The molecule has 1 unspecified atom stereocenters. The number of para-hydroxylation sites is 1. The molecular formula is C34H32N4O2S. The van der Waals surface area contributed by atoms with Crippen LogP contribution in [-0.2, 0) is 14.5 Å². The molecule has 2 aliphatic rings. The molecule has 6 rings (SSSR count). The van der Waals surface area contributed by atoms with Crippen LogP contribution in [-0.4, -0.2) is 23.3 Å². The average molecular weight is 561 g/mol. The van der Waals surface area contributed by atoms with Crippen LogP contribution >= 0.6 is 11.8 Å². The van der Waals surface area contributed by atoms with E-state index in [4.69, 9.17) is 14.9 Å². The maximum Gasteiger partial charge on any atom is 0.365 e. The molecule has 0 radical (unpaired) electrons. The SMILES string of the molecule is CCOC(=O)C1=NN(c2ccc(C)cc2)C2(S1)c1ccccc1C(c1ccc(C(C)C)cc1)=NN2c1ccccc1. The summed E-state index contributed by atoms with van der Waals surface area (Å²) in [5, 5.41) is 14.5. The van der Waals surface area contributed by atoms with Crippen molar-refractivity contribution in [3.8, 4) is 0 Å². The molecule has 2 heterocycles. The highest BCUT2D eigenvalue weighted by Crippen LogP contribution is 2.55. The Morgan fingerprint density at radius 1 is 0.829 bits per heavy atom. The van der Waals surface area contributed by atoms with Crippen LogP contribution in [0.15, 0.2) is 113 Å². The number of benzene rings is 4. The Bertz CT molecular complexity index is 1630. The van der Waals surface area contributed by atoms with Gasteiger partial charge in [-0.25, -0.2) is 14.8 Å². The first-order valence-electron chi connectivity index (χ1n) is 13.9. The third kappa shape index (κ3) is 4.70. The molecule has 41 heavy (non-hydrogen) atoms. The standard InChI is InChI=1S/C34H32N4O2S/c1-5-40-33(39)32-36-38(28-21-15-24(4)16-22-28)34(41-32)30-14-10-9-13-29(30)31(26-19-17-25(18-20-26)23(2)3)35-37(34)27-11-7-6-8-12-27/h6-23H,5H2,1-4H3. The highest BCUT2D eigenvalue weighted by molar-refractivity contribution is 8.16. The summed E-state index contributed by atoms with van der Waals surface area (Å²) in [5.41, 5.74) is 7.99. The zero-order chi connectivity index (χ0) is 28.6. The minimum atomic E-state index is -1.02. The number of hydrogen-bond acceptors (Lipinski definition) is 7. The predicted molar refractivity (Wildman–Crippen MR) is 169 cm³/mol. The molecular weight excluding hydrogens is 528 g/mol. The van der Waals surface area contributed by atoms with Gasteiger partial charge in [-0.3, -0.25) is 0 Å². The van der Waals surface area contributed by atoms with Crippen LogP contribution in [0.3, 0.4) is 0 Å². The van der Waals surface area contributed by atoms with Crippen molar-refractivity contribution in [2.24, 2.45) is 10.2 Å². The first kappa shape index (κ1) is 26.8. The topological polar surface area (TPSA) is 57.5 Å². The summed E-state index contributed by atoms with van der Waals surface area (Å²) in [6.07, 6.45) is 0. The molecule has 2 aliphatic heterocycles. The van der Waals surface area contributed by atoms with Gasteiger partial charge in [-0.1, -0.05) is 98.3 Å². The Morgan fingerprint density at radius 2 is 1.46 bits per heavy atom. The van der Waals surface area contributed by atoms with Crippen molar-refractivity contribution in [1.29, 1.82) is 0 Å². The van der Waals surface area contributed by atoms with E-state index in [-0.39, 0.29) is 11.7 Å². The molecule has 4 aromatic rings. The third-order valence-electron chi connectivity index (χ3n) is 7.32. The van der Waals surface area contributed by atoms with E-state index >= 15 is 0 Å². The largest absolute Gasteiger partial charge is 0.461 e. The van der Waals surface area contributed by atoms with Gasteiger partial charge in [0.25, 0.3) is 0 Å². The number of nitrogens with zero attached hydrogens (tertiary/aromatic N) is 4. The van der Waals surface area contributed by atoms with Crippen LogP contribution in [0.1, 0.15) is 54.5 Å². The van der Waals surface area contributed by atoms with E-state index < -0.39 is 11.0 Å². The van der Waals surface area contributed by atoms with Gasteiger partial charge in [0.2, 0.25) is 10.0 Å². The fraction of sp³-hybridized carbons (Fsp3) is 0.206. The molecule has 0 aromatic heterocycles. The van der Waals surface area contributed by atoms with Gasteiger partial charge in [0.05, 0.1) is 23.7 Å². The monoisotopic (exact) mass is 560 g/mol. The van der Waals surface area contributed by atoms with Crippen LogP contribution < -0.4 is 10.0 Å². The average Bonchev–Trinajstić information content (AvgIpc) is 3.39. The van der Waals surface area contributed by atoms with Crippen molar-refractivity contribution < 1.29 is 9.53 Å². The zero-order valence-electron chi connectivity index (χ0n) is 23.6. The van der Waals surface area contributed by atoms with Gasteiger partial charge in [0.15, 0.2) is 0 Å². The van der Waals surface area contributed by atoms with Gasteiger partial charge in [-0.2, -0.15) is 10.2 Å². The highest BCUT2D eigenvalue weighted by atomic mass is 32.2. The number of aryl methyl sites for hydroxylation is 1. The fourth-order valence-electron chi connectivity index (χ4n) is 5.20. The van der Waals surface area contributed by atoms with E-state index in [1.54, 1.807) is 6.92 Å². The zero-order valence-corrected chi connectivity index (χ0v) is 24.4. The van der Waals surface area contributed by atoms with Crippen molar-refractivity contribution >= 4 is 39.9 Å². The number of esters is 1. The lowest BCUT2D eigenvalue weighted by Gasteiger charge is -2.47. The lowest BCUT2D eigenvalue weighted by atomic mass is 9.92. The molecule has 0 saturated carbocycles. The molecule has 0 saturated heterocycles. The maximum atomic E-state index is 13.2. The maximum absolute atomic E-state index is 13.2. The quantitative estimate of drug-likeness (QED) is 0.227. The van der Waals surface area contributed by atoms with Gasteiger partial charge in [0, 0.05) is 16.7 Å². The number of fused-ring (bicyclic) bond motifs is 2. The van der Waals surface area contributed by atoms with E-state index in [0.717, 1.165) is 39.3 Å². The number of thioether (sulfide) groups is 1. The Morgan fingerprint density at radius 3 is 2.15 bits per heavy atom. The highest BCUT2D eigenvalue weighted by Gasteiger charge is 2.56. The fourth-order valence-corrected chi connectivity index (χ4v) is 6.49. The molecule has 0 N–H and O–H groups in total. The summed E-state index contributed by atoms with van der Waals surface area (Å²) in [5.74, 6) is -0.0128. The summed E-state index contributed by atoms with van der Waals surface area (Å²) in [6.45, 7) is 8.52. The van der Waals surface area contributed by atoms with E-state index in [1.165, 1.54) is 17.3 Å². The number of hydrogen-bond donors (Lipinski definition) is 0. The predicted octanol–water partition coefficient (Wildman–Crippen LogP) is 7.63. The second-order valence-corrected chi connectivity index (χ2v) is 11.6.